The lowest BCUT2D eigenvalue weighted by Gasteiger charge is -2.09. The number of benzene rings is 2. The number of aryl methyl sites for hydroxylation is 1. The maximum atomic E-state index is 13.0. The van der Waals surface area contributed by atoms with Crippen LogP contribution in [0.15, 0.2) is 47.6 Å². The van der Waals surface area contributed by atoms with E-state index >= 15 is 0 Å². The average Bonchev–Trinajstić information content (AvgIpc) is 3.15. The van der Waals surface area contributed by atoms with Crippen molar-refractivity contribution in [2.24, 2.45) is 0 Å². The Bertz CT molecular complexity index is 1090. The number of nitrogens with zero attached hydrogens (tertiary/aromatic N) is 4. The first-order valence-electron chi connectivity index (χ1n) is 9.46. The second-order valence-corrected chi connectivity index (χ2v) is 7.54. The molecule has 0 aliphatic heterocycles. The number of carbonyl (C=O) groups excluding carboxylic acids is 1. The lowest BCUT2D eigenvalue weighted by Crippen LogP contribution is -2.15. The van der Waals surface area contributed by atoms with Gasteiger partial charge in [-0.25, -0.2) is 4.39 Å². The quantitative estimate of drug-likeness (QED) is 0.291. The van der Waals surface area contributed by atoms with Crippen LogP contribution in [0.25, 0.3) is 0 Å². The second-order valence-electron chi connectivity index (χ2n) is 6.60. The van der Waals surface area contributed by atoms with Crippen molar-refractivity contribution in [2.45, 2.75) is 32.1 Å². The van der Waals surface area contributed by atoms with Crippen molar-refractivity contribution < 1.29 is 14.1 Å². The molecule has 0 saturated heterocycles. The molecule has 11 heteroatoms. The van der Waals surface area contributed by atoms with Crippen LogP contribution < -0.4 is 10.6 Å². The monoisotopic (exact) mass is 444 g/mol. The molecule has 3 rings (SSSR count). The van der Waals surface area contributed by atoms with Crippen LogP contribution in [0.4, 0.5) is 21.5 Å². The summed E-state index contributed by atoms with van der Waals surface area (Å²) in [5, 5.41) is 25.8. The summed E-state index contributed by atoms with van der Waals surface area (Å²) in [6.07, 6.45) is 0. The summed E-state index contributed by atoms with van der Waals surface area (Å²) in [7, 11) is 0. The van der Waals surface area contributed by atoms with Crippen molar-refractivity contribution in [3.05, 3.63) is 69.8 Å². The molecule has 162 valence electrons. The van der Waals surface area contributed by atoms with Crippen molar-refractivity contribution in [2.75, 3.05) is 16.4 Å². The largest absolute Gasteiger partial charge is 0.378 e. The van der Waals surface area contributed by atoms with E-state index < -0.39 is 4.92 Å². The van der Waals surface area contributed by atoms with Crippen LogP contribution >= 0.6 is 11.8 Å². The van der Waals surface area contributed by atoms with Crippen LogP contribution in [0.1, 0.15) is 18.3 Å². The van der Waals surface area contributed by atoms with Crippen molar-refractivity contribution in [3.63, 3.8) is 0 Å². The van der Waals surface area contributed by atoms with Crippen molar-refractivity contribution in [1.82, 2.24) is 14.8 Å². The van der Waals surface area contributed by atoms with Gasteiger partial charge in [-0.15, -0.1) is 10.2 Å². The lowest BCUT2D eigenvalue weighted by atomic mass is 10.2. The van der Waals surface area contributed by atoms with Gasteiger partial charge in [0.05, 0.1) is 17.2 Å². The molecule has 0 atom stereocenters. The Morgan fingerprint density at radius 3 is 2.58 bits per heavy atom. The van der Waals surface area contributed by atoms with Gasteiger partial charge in [0.2, 0.25) is 5.91 Å². The maximum Gasteiger partial charge on any atom is 0.274 e. The fourth-order valence-corrected chi connectivity index (χ4v) is 3.66. The molecule has 1 aromatic heterocycles. The van der Waals surface area contributed by atoms with Gasteiger partial charge in [0, 0.05) is 29.5 Å². The van der Waals surface area contributed by atoms with Crippen molar-refractivity contribution in [3.8, 4) is 0 Å². The van der Waals surface area contributed by atoms with Gasteiger partial charge < -0.3 is 15.2 Å². The van der Waals surface area contributed by atoms with E-state index in [1.807, 2.05) is 11.5 Å². The Hall–Kier alpha value is -3.47. The zero-order valence-corrected chi connectivity index (χ0v) is 17.8. The van der Waals surface area contributed by atoms with Crippen LogP contribution in [-0.2, 0) is 17.9 Å². The Morgan fingerprint density at radius 2 is 1.90 bits per heavy atom. The molecule has 0 spiro atoms. The summed E-state index contributed by atoms with van der Waals surface area (Å²) in [5.41, 5.74) is 1.60. The van der Waals surface area contributed by atoms with E-state index in [4.69, 9.17) is 0 Å². The van der Waals surface area contributed by atoms with Crippen LogP contribution in [0, 0.1) is 22.9 Å². The summed E-state index contributed by atoms with van der Waals surface area (Å²) in [6.45, 7) is 4.59. The lowest BCUT2D eigenvalue weighted by molar-refractivity contribution is -0.385. The third-order valence-electron chi connectivity index (χ3n) is 4.43. The Balaban J connectivity index is 1.58. The first-order chi connectivity index (χ1) is 14.9. The predicted molar refractivity (Wildman–Crippen MR) is 117 cm³/mol. The highest BCUT2D eigenvalue weighted by molar-refractivity contribution is 7.99. The fourth-order valence-electron chi connectivity index (χ4n) is 2.83. The molecule has 0 saturated carbocycles. The van der Waals surface area contributed by atoms with Gasteiger partial charge in [0.1, 0.15) is 5.82 Å². The van der Waals surface area contributed by atoms with E-state index in [1.165, 1.54) is 30.0 Å². The highest BCUT2D eigenvalue weighted by atomic mass is 32.2. The molecule has 1 heterocycles. The zero-order valence-electron chi connectivity index (χ0n) is 17.0. The van der Waals surface area contributed by atoms with Gasteiger partial charge in [-0.2, -0.15) is 0 Å². The topological polar surface area (TPSA) is 115 Å². The molecular weight excluding hydrogens is 423 g/mol. The summed E-state index contributed by atoms with van der Waals surface area (Å²) >= 11 is 1.22. The number of hydrogen-bond donors (Lipinski definition) is 2. The van der Waals surface area contributed by atoms with E-state index in [2.05, 4.69) is 20.8 Å². The first kappa shape index (κ1) is 22.2. The van der Waals surface area contributed by atoms with Crippen molar-refractivity contribution in [1.29, 1.82) is 0 Å². The summed E-state index contributed by atoms with van der Waals surface area (Å²) in [4.78, 5) is 22.9. The molecule has 0 unspecified atom stereocenters. The van der Waals surface area contributed by atoms with Gasteiger partial charge in [-0.3, -0.25) is 14.9 Å². The molecule has 9 nitrogen and oxygen atoms in total. The smallest absolute Gasteiger partial charge is 0.274 e. The zero-order chi connectivity index (χ0) is 22.4. The Labute approximate surface area is 182 Å². The summed E-state index contributed by atoms with van der Waals surface area (Å²) in [6, 6.07) is 10.6. The molecule has 2 aromatic carbocycles. The molecular formula is C20H21FN6O3S. The van der Waals surface area contributed by atoms with Crippen LogP contribution in [0.3, 0.4) is 0 Å². The summed E-state index contributed by atoms with van der Waals surface area (Å²) < 4.78 is 14.9. The summed E-state index contributed by atoms with van der Waals surface area (Å²) in [5.74, 6) is 0.147. The minimum absolute atomic E-state index is 0.0468. The molecule has 1 amide bonds. The van der Waals surface area contributed by atoms with Gasteiger partial charge >= 0.3 is 0 Å². The molecule has 0 aliphatic carbocycles. The number of aromatic nitrogens is 3. The number of nitro groups is 1. The molecule has 2 N–H and O–H groups in total. The Kier molecular flexibility index (Phi) is 7.19. The van der Waals surface area contributed by atoms with Crippen molar-refractivity contribution >= 4 is 34.7 Å². The van der Waals surface area contributed by atoms with Crippen LogP contribution in [0.2, 0.25) is 0 Å². The highest BCUT2D eigenvalue weighted by Gasteiger charge is 2.15. The van der Waals surface area contributed by atoms with Gasteiger partial charge in [-0.1, -0.05) is 17.8 Å². The van der Waals surface area contributed by atoms with E-state index in [0.29, 0.717) is 35.3 Å². The number of carbonyl (C=O) groups is 1. The molecule has 0 bridgehead atoms. The van der Waals surface area contributed by atoms with Crippen LogP contribution in [-0.4, -0.2) is 31.3 Å². The standard InChI is InChI=1S/C20H21FN6O3S/c1-3-26-18(11-22-15-8-5-14(21)6-9-15)24-25-20(26)31-12-19(28)23-16-7-4-13(2)17(10-16)27(29)30/h4-10,22H,3,11-12H2,1-2H3,(H,23,28). The van der Waals surface area contributed by atoms with E-state index in [0.717, 1.165) is 5.69 Å². The number of anilines is 2. The number of halogens is 1. The van der Waals surface area contributed by atoms with E-state index in [-0.39, 0.29) is 23.2 Å². The average molecular weight is 444 g/mol. The predicted octanol–water partition coefficient (Wildman–Crippen LogP) is 4.00. The number of amides is 1. The third kappa shape index (κ3) is 5.79. The number of nitro benzene ring substituents is 1. The molecule has 0 radical (unpaired) electrons. The van der Waals surface area contributed by atoms with E-state index in [9.17, 15) is 19.3 Å². The first-order valence-corrected chi connectivity index (χ1v) is 10.4. The third-order valence-corrected chi connectivity index (χ3v) is 5.39. The number of hydrogen-bond acceptors (Lipinski definition) is 7. The molecule has 3 aromatic rings. The Morgan fingerprint density at radius 1 is 1.19 bits per heavy atom. The van der Waals surface area contributed by atoms with E-state index in [1.54, 1.807) is 31.2 Å². The highest BCUT2D eigenvalue weighted by Crippen LogP contribution is 2.23. The van der Waals surface area contributed by atoms with Gasteiger partial charge in [0.25, 0.3) is 5.69 Å². The molecule has 0 aliphatic rings. The number of rotatable bonds is 9. The van der Waals surface area contributed by atoms with Crippen LogP contribution in [0.5, 0.6) is 0 Å². The maximum absolute atomic E-state index is 13.0. The molecule has 31 heavy (non-hydrogen) atoms. The minimum Gasteiger partial charge on any atom is -0.378 e. The normalized spacial score (nSPS) is 10.7. The number of nitrogens with one attached hydrogen (secondary N) is 2. The molecule has 0 fully saturated rings. The SMILES string of the molecule is CCn1c(CNc2ccc(F)cc2)nnc1SCC(=O)Nc1ccc(C)c([N+](=O)[O-])c1. The minimum atomic E-state index is -0.481. The van der Waals surface area contributed by atoms with Gasteiger partial charge in [0.15, 0.2) is 11.0 Å². The van der Waals surface area contributed by atoms with Gasteiger partial charge in [-0.05, 0) is 44.2 Å². The number of thioether (sulfide) groups is 1. The second kappa shape index (κ2) is 10.0. The fraction of sp³-hybridized carbons (Fsp3) is 0.250.